The predicted molar refractivity (Wildman–Crippen MR) is 79.7 cm³/mol. The molecule has 0 heterocycles. The van der Waals surface area contributed by atoms with E-state index in [-0.39, 0.29) is 29.3 Å². The monoisotopic (exact) mass is 294 g/mol. The van der Waals surface area contributed by atoms with Crippen molar-refractivity contribution in [1.82, 2.24) is 0 Å². The maximum Gasteiger partial charge on any atom is 0.352 e. The number of nitrogens with zero attached hydrogens (tertiary/aromatic N) is 1. The SMILES string of the molecule is CCCOc1cccc(OC2CCCCC2N)c1[N+](=O)[O-]. The van der Waals surface area contributed by atoms with Crippen LogP contribution in [0.25, 0.3) is 0 Å². The van der Waals surface area contributed by atoms with E-state index in [2.05, 4.69) is 0 Å². The Kier molecular flexibility index (Phi) is 5.38. The molecule has 1 aliphatic carbocycles. The third-order valence-electron chi connectivity index (χ3n) is 3.64. The number of rotatable bonds is 6. The molecule has 116 valence electrons. The Morgan fingerprint density at radius 1 is 1.33 bits per heavy atom. The van der Waals surface area contributed by atoms with Gasteiger partial charge in [-0.3, -0.25) is 10.1 Å². The molecule has 1 fully saturated rings. The summed E-state index contributed by atoms with van der Waals surface area (Å²) in [5.41, 5.74) is 5.94. The number of para-hydroxylation sites is 1. The highest BCUT2D eigenvalue weighted by Crippen LogP contribution is 2.38. The number of hydrogen-bond acceptors (Lipinski definition) is 5. The van der Waals surface area contributed by atoms with Gasteiger partial charge in [-0.15, -0.1) is 0 Å². The molecular formula is C15H22N2O4. The summed E-state index contributed by atoms with van der Waals surface area (Å²) in [4.78, 5) is 10.9. The molecule has 0 bridgehead atoms. The van der Waals surface area contributed by atoms with E-state index in [9.17, 15) is 10.1 Å². The topological polar surface area (TPSA) is 87.6 Å². The van der Waals surface area contributed by atoms with Gasteiger partial charge in [-0.2, -0.15) is 0 Å². The molecule has 0 amide bonds. The molecule has 1 aliphatic rings. The van der Waals surface area contributed by atoms with Gasteiger partial charge in [0.15, 0.2) is 0 Å². The summed E-state index contributed by atoms with van der Waals surface area (Å²) >= 11 is 0. The molecule has 21 heavy (non-hydrogen) atoms. The fourth-order valence-corrected chi connectivity index (χ4v) is 2.54. The number of nitrogens with two attached hydrogens (primary N) is 1. The van der Waals surface area contributed by atoms with Gasteiger partial charge in [0.1, 0.15) is 6.10 Å². The average Bonchev–Trinajstić information content (AvgIpc) is 2.47. The van der Waals surface area contributed by atoms with Crippen LogP contribution >= 0.6 is 0 Å². The number of ether oxygens (including phenoxy) is 2. The molecule has 0 radical (unpaired) electrons. The molecule has 0 saturated heterocycles. The van der Waals surface area contributed by atoms with E-state index in [0.717, 1.165) is 32.1 Å². The van der Waals surface area contributed by atoms with Gasteiger partial charge in [-0.05, 0) is 37.8 Å². The van der Waals surface area contributed by atoms with Crippen molar-refractivity contribution in [3.63, 3.8) is 0 Å². The lowest BCUT2D eigenvalue weighted by atomic mass is 9.93. The largest absolute Gasteiger partial charge is 0.487 e. The zero-order valence-corrected chi connectivity index (χ0v) is 12.3. The van der Waals surface area contributed by atoms with E-state index in [1.807, 2.05) is 6.92 Å². The molecule has 2 rings (SSSR count). The van der Waals surface area contributed by atoms with Gasteiger partial charge in [0.2, 0.25) is 11.5 Å². The van der Waals surface area contributed by atoms with Crippen LogP contribution in [-0.2, 0) is 0 Å². The van der Waals surface area contributed by atoms with Crippen molar-refractivity contribution in [3.8, 4) is 11.5 Å². The van der Waals surface area contributed by atoms with E-state index < -0.39 is 4.92 Å². The third kappa shape index (κ3) is 3.85. The second-order valence-electron chi connectivity index (χ2n) is 5.31. The molecule has 2 atom stereocenters. The lowest BCUT2D eigenvalue weighted by Crippen LogP contribution is -2.41. The highest BCUT2D eigenvalue weighted by molar-refractivity contribution is 5.57. The molecule has 6 heteroatoms. The van der Waals surface area contributed by atoms with Crippen LogP contribution in [0.4, 0.5) is 5.69 Å². The highest BCUT2D eigenvalue weighted by Gasteiger charge is 2.28. The second-order valence-corrected chi connectivity index (χ2v) is 5.31. The molecule has 0 spiro atoms. The molecule has 1 aromatic carbocycles. The zero-order valence-electron chi connectivity index (χ0n) is 12.3. The number of nitro benzene ring substituents is 1. The minimum absolute atomic E-state index is 0.0708. The highest BCUT2D eigenvalue weighted by atomic mass is 16.6. The number of benzene rings is 1. The lowest BCUT2D eigenvalue weighted by Gasteiger charge is -2.29. The van der Waals surface area contributed by atoms with Crippen LogP contribution in [0.1, 0.15) is 39.0 Å². The molecule has 0 aliphatic heterocycles. The Balaban J connectivity index is 2.23. The lowest BCUT2D eigenvalue weighted by molar-refractivity contribution is -0.387. The maximum absolute atomic E-state index is 11.3. The third-order valence-corrected chi connectivity index (χ3v) is 3.64. The van der Waals surface area contributed by atoms with Crippen molar-refractivity contribution in [2.24, 2.45) is 5.73 Å². The summed E-state index contributed by atoms with van der Waals surface area (Å²) in [5.74, 6) is 0.500. The van der Waals surface area contributed by atoms with Gasteiger partial charge in [-0.1, -0.05) is 19.4 Å². The van der Waals surface area contributed by atoms with Gasteiger partial charge in [-0.25, -0.2) is 0 Å². The molecule has 1 aromatic rings. The van der Waals surface area contributed by atoms with Crippen molar-refractivity contribution >= 4 is 5.69 Å². The van der Waals surface area contributed by atoms with Crippen LogP contribution in [0.5, 0.6) is 11.5 Å². The van der Waals surface area contributed by atoms with Gasteiger partial charge >= 0.3 is 5.69 Å². The van der Waals surface area contributed by atoms with Gasteiger partial charge in [0, 0.05) is 6.04 Å². The van der Waals surface area contributed by atoms with Crippen LogP contribution in [0, 0.1) is 10.1 Å². The quantitative estimate of drug-likeness (QED) is 0.643. The molecule has 6 nitrogen and oxygen atoms in total. The normalized spacial score (nSPS) is 21.8. The summed E-state index contributed by atoms with van der Waals surface area (Å²) in [7, 11) is 0. The first-order valence-corrected chi connectivity index (χ1v) is 7.46. The fraction of sp³-hybridized carbons (Fsp3) is 0.600. The van der Waals surface area contributed by atoms with Crippen LogP contribution in [0.2, 0.25) is 0 Å². The Hall–Kier alpha value is -1.82. The van der Waals surface area contributed by atoms with Crippen molar-refractivity contribution in [2.45, 2.75) is 51.2 Å². The second kappa shape index (κ2) is 7.26. The van der Waals surface area contributed by atoms with E-state index in [0.29, 0.717) is 6.61 Å². The molecule has 2 unspecified atom stereocenters. The summed E-state index contributed by atoms with van der Waals surface area (Å²) in [6, 6.07) is 4.85. The predicted octanol–water partition coefficient (Wildman–Crippen LogP) is 3.03. The minimum atomic E-state index is -0.450. The Labute approximate surface area is 124 Å². The van der Waals surface area contributed by atoms with Crippen molar-refractivity contribution in [2.75, 3.05) is 6.61 Å². The summed E-state index contributed by atoms with van der Waals surface area (Å²) in [6.45, 7) is 2.39. The molecule has 0 aromatic heterocycles. The first kappa shape index (κ1) is 15.6. The zero-order chi connectivity index (χ0) is 15.2. The van der Waals surface area contributed by atoms with Crippen LogP contribution in [0.3, 0.4) is 0 Å². The molecule has 1 saturated carbocycles. The van der Waals surface area contributed by atoms with E-state index in [4.69, 9.17) is 15.2 Å². The molecular weight excluding hydrogens is 272 g/mol. The standard InChI is InChI=1S/C15H22N2O4/c1-2-10-20-13-8-5-9-14(15(13)17(18)19)21-12-7-4-3-6-11(12)16/h5,8-9,11-12H,2-4,6-7,10,16H2,1H3. The van der Waals surface area contributed by atoms with E-state index in [1.165, 1.54) is 0 Å². The van der Waals surface area contributed by atoms with E-state index >= 15 is 0 Å². The average molecular weight is 294 g/mol. The smallest absolute Gasteiger partial charge is 0.352 e. The van der Waals surface area contributed by atoms with Crippen molar-refractivity contribution < 1.29 is 14.4 Å². The first-order chi connectivity index (χ1) is 10.1. The number of hydrogen-bond donors (Lipinski definition) is 1. The molecule has 2 N–H and O–H groups in total. The van der Waals surface area contributed by atoms with Crippen LogP contribution in [-0.4, -0.2) is 23.7 Å². The van der Waals surface area contributed by atoms with Gasteiger partial charge in [0.05, 0.1) is 11.5 Å². The Bertz CT molecular complexity index is 493. The Morgan fingerprint density at radius 2 is 2.05 bits per heavy atom. The first-order valence-electron chi connectivity index (χ1n) is 7.46. The van der Waals surface area contributed by atoms with Crippen LogP contribution in [0.15, 0.2) is 18.2 Å². The van der Waals surface area contributed by atoms with E-state index in [1.54, 1.807) is 18.2 Å². The minimum Gasteiger partial charge on any atom is -0.487 e. The Morgan fingerprint density at radius 3 is 2.71 bits per heavy atom. The number of nitro groups is 1. The van der Waals surface area contributed by atoms with Gasteiger partial charge in [0.25, 0.3) is 0 Å². The summed E-state index contributed by atoms with van der Waals surface area (Å²) in [5, 5.41) is 11.3. The summed E-state index contributed by atoms with van der Waals surface area (Å²) in [6.07, 6.45) is 4.47. The van der Waals surface area contributed by atoms with Crippen molar-refractivity contribution in [1.29, 1.82) is 0 Å². The summed E-state index contributed by atoms with van der Waals surface area (Å²) < 4.78 is 11.3. The van der Waals surface area contributed by atoms with Crippen molar-refractivity contribution in [3.05, 3.63) is 28.3 Å². The van der Waals surface area contributed by atoms with Crippen LogP contribution < -0.4 is 15.2 Å². The fourth-order valence-electron chi connectivity index (χ4n) is 2.54. The maximum atomic E-state index is 11.3. The van der Waals surface area contributed by atoms with Gasteiger partial charge < -0.3 is 15.2 Å².